The third-order valence-corrected chi connectivity index (χ3v) is 17.9. The van der Waals surface area contributed by atoms with Crippen molar-refractivity contribution in [2.24, 2.45) is 0 Å². The summed E-state index contributed by atoms with van der Waals surface area (Å²) in [6, 6.07) is 8.70. The van der Waals surface area contributed by atoms with Crippen molar-refractivity contribution in [3.63, 3.8) is 0 Å². The first-order valence-electron chi connectivity index (χ1n) is 36.8. The third-order valence-electron chi connectivity index (χ3n) is 14.3. The van der Waals surface area contributed by atoms with Crippen molar-refractivity contribution in [2.75, 3.05) is 87.7 Å². The fourth-order valence-electron chi connectivity index (χ4n) is 7.98. The molecule has 0 fully saturated rings. The zero-order valence-electron chi connectivity index (χ0n) is 85.3. The number of benzene rings is 1. The molecule has 0 heterocycles. The third kappa shape index (κ3) is 87.1. The van der Waals surface area contributed by atoms with Gasteiger partial charge in [0, 0.05) is 118 Å². The summed E-state index contributed by atoms with van der Waals surface area (Å²) in [6.45, 7) is 40.7. The summed E-state index contributed by atoms with van der Waals surface area (Å²) in [5, 5.41) is 23.1. The Hall–Kier alpha value is -1.20. The van der Waals surface area contributed by atoms with E-state index >= 15 is 0 Å². The summed E-state index contributed by atoms with van der Waals surface area (Å²) in [7, 11) is 8.20. The number of rotatable bonds is 36. The van der Waals surface area contributed by atoms with Crippen molar-refractivity contribution in [3.05, 3.63) is 110 Å². The van der Waals surface area contributed by atoms with Crippen LogP contribution in [0.25, 0.3) is 0 Å². The number of hydrogen-bond donors (Lipinski definition) is 9. The molecule has 9 N–H and O–H groups in total. The number of amides is 9. The van der Waals surface area contributed by atoms with Crippen LogP contribution in [-0.2, 0) is 335 Å². The first-order valence-corrected chi connectivity index (χ1v) is 41.6. The van der Waals surface area contributed by atoms with E-state index in [0.29, 0.717) is 6.42 Å². The smallest absolute Gasteiger partial charge is 0.331 e. The molecule has 0 saturated heterocycles. The van der Waals surface area contributed by atoms with Crippen LogP contribution in [0.5, 0.6) is 0 Å². The van der Waals surface area contributed by atoms with Gasteiger partial charge in [-0.05, 0) is 214 Å². The van der Waals surface area contributed by atoms with Gasteiger partial charge in [0.1, 0.15) is 74.8 Å². The molecule has 48 heteroatoms. The van der Waals surface area contributed by atoms with E-state index in [9.17, 15) is 67.1 Å². The fourth-order valence-corrected chi connectivity index (χ4v) is 8.72. The Morgan fingerprint density at radius 3 is 0.827 bits per heavy atom. The molecule has 1 aromatic rings. The van der Waals surface area contributed by atoms with Gasteiger partial charge in [-0.3, -0.25) is 52.7 Å². The molecule has 0 bridgehead atoms. The molecule has 5 radical (unpaired) electrons. The van der Waals surface area contributed by atoms with Gasteiger partial charge in [0.25, 0.3) is 0 Å². The van der Waals surface area contributed by atoms with Gasteiger partial charge in [-0.15, -0.1) is 0 Å². The quantitative estimate of drug-likeness (QED) is 0.0137. The van der Waals surface area contributed by atoms with Gasteiger partial charge in [0.15, 0.2) is 0 Å². The molecule has 0 aliphatic rings. The fraction of sp³-hybridized carbons (Fsp3) is 0.647. The molecule has 0 saturated carbocycles. The van der Waals surface area contributed by atoms with Crippen LogP contribution in [0, 0.1) is 74.3 Å². The summed E-state index contributed by atoms with van der Waals surface area (Å²) in [4.78, 5) is 177. The molecule has 9 amide bonds. The van der Waals surface area contributed by atoms with E-state index in [1.807, 2.05) is 30.3 Å². The first kappa shape index (κ1) is 177. The Labute approximate surface area is 937 Å². The zero-order chi connectivity index (χ0) is 93.8. The van der Waals surface area contributed by atoms with Gasteiger partial charge < -0.3 is 297 Å². The maximum absolute atomic E-state index is 12.8. The number of carbonyl (C=O) groups is 14. The molecule has 1 unspecified atom stereocenters. The van der Waals surface area contributed by atoms with Crippen molar-refractivity contribution in [2.45, 2.75) is 265 Å². The minimum Gasteiger partial charge on any atom is -0.800 e. The standard InChI is InChI=1S/C20H37N5O6S2.C17H26N2O3S2.C16H31N3O4S2.C12H24N2O3S2.C10H20N2O3S2.10CH3.5Au/c1-9-31-13(27)10-21-14(28)18(2,3)23-16(30)20(6,7)24-15(29)19(4,5)22-12(26)11-25(8)17(32)33;1-17(2,3)22-15(21)13(10-12-8-6-5-7-9-12)18-14(20)11-19(4)16(23)24;1-14(2,3)23-12(22)16(6,7)18-11(21)15(4,5)17-10(20)9-19(8)13(24)25;1-11(2,3)17-9(16)12(4,5)13-8(15)7-14(6)10(18)19;1-10(2,3)15-8(14)5-11-7(13)6-12(4)9(16)17;;;;;;;;;;;;;;;/h17,32-33H,9-11H2,1-8H3,(H,21,28)(H,22,26)(H,23,30)(H,24,29);5-9,13,16,23-24H,10-11H2,1-4H3,(H,18,20);13,24-25H,9H2,1-8H3,(H,17,20)(H,18,21);10,18-19H,7H2,1-6H3,(H,13,15);9,16-17H,5-6H2,1-4H3,(H,11,13);10*1H3;;;;;/q;;;;;10*-1;;;;;/p-10. The largest absolute Gasteiger partial charge is 0.800 e. The van der Waals surface area contributed by atoms with Crippen LogP contribution in [0.2, 0.25) is 0 Å². The van der Waals surface area contributed by atoms with Crippen LogP contribution in [0.3, 0.4) is 0 Å². The van der Waals surface area contributed by atoms with Gasteiger partial charge in [-0.1, -0.05) is 30.3 Å². The summed E-state index contributed by atoms with van der Waals surface area (Å²) in [6.07, 6.45) is 0.358. The number of nitrogens with zero attached hydrogens (tertiary/aromatic N) is 5. The Morgan fingerprint density at radius 1 is 0.308 bits per heavy atom. The summed E-state index contributed by atoms with van der Waals surface area (Å²) in [5.74, 6) is -6.75. The normalized spacial score (nSPS) is 11.1. The van der Waals surface area contributed by atoms with Gasteiger partial charge >= 0.3 is 29.8 Å². The van der Waals surface area contributed by atoms with Gasteiger partial charge in [-0.25, -0.2) is 37.9 Å². The Balaban J connectivity index is -0.0000000710. The van der Waals surface area contributed by atoms with E-state index in [4.69, 9.17) is 150 Å². The Morgan fingerprint density at radius 2 is 0.549 bits per heavy atom. The van der Waals surface area contributed by atoms with E-state index in [0.717, 1.165) is 5.56 Å². The summed E-state index contributed by atoms with van der Waals surface area (Å²) in [5.41, 5.74) is -9.22. The molecule has 817 valence electrons. The molecular weight excluding hydrogens is 2830 g/mol. The zero-order valence-corrected chi connectivity index (χ0v) is 104. The first-order chi connectivity index (χ1) is 52.9. The predicted molar refractivity (Wildman–Crippen MR) is 541 cm³/mol. The van der Waals surface area contributed by atoms with Crippen LogP contribution in [0.15, 0.2) is 30.3 Å². The van der Waals surface area contributed by atoms with Crippen LogP contribution < -0.4 is 47.9 Å². The molecule has 1 atom stereocenters. The van der Waals surface area contributed by atoms with E-state index < -0.39 is 150 Å². The molecule has 1 rings (SSSR count). The average Bonchev–Trinajstić information content (AvgIpc) is 0.823. The second-order valence-electron chi connectivity index (χ2n) is 34.1. The van der Waals surface area contributed by atoms with E-state index in [1.54, 1.807) is 172 Å². The Kier molecular flexibility index (Phi) is 108. The molecule has 0 aliphatic heterocycles. The number of likely N-dealkylation sites (N-methyl/N-ethyl adjacent to an activating group) is 5. The van der Waals surface area contributed by atoms with Crippen molar-refractivity contribution in [1.29, 1.82) is 0 Å². The van der Waals surface area contributed by atoms with Gasteiger partial charge in [0.05, 0.1) is 39.3 Å². The number of carbonyl (C=O) groups excluding carboxylic acids is 14. The molecule has 0 aliphatic carbocycles. The molecule has 133 heavy (non-hydrogen) atoms. The SMILES string of the molecule is CCOC(=O)CNC(=O)C(C)(C)NC(=O)C(C)(C)NC(=O)C(C)(C)NC(=O)CN(C)C([S-])[S-].CN(CC(=O)NC(C)(C)C(=O)NC(C)(C)C(=O)OC(C)(C)C)C([S-])[S-].CN(CC(=O)NC(C)(C)C(=O)OC(C)(C)C)C([S-])[S-].CN(CC(=O)NC(Cc1ccccc1)C(=O)OC(C)(C)C)C([S-])[S-].CN(CC(=O)NCC(=O)OC(C)(C)C)C([S-])[S-].[Au].[Au].[Au].[Au].[Au].[CH3-].[CH3-].[CH3-].[CH3-].[CH3-].[CH3-].[CH3-].[CH3-].[CH3-].[CH3-]. The maximum atomic E-state index is 12.8. The van der Waals surface area contributed by atoms with Crippen molar-refractivity contribution >= 4 is 209 Å². The van der Waals surface area contributed by atoms with Crippen molar-refractivity contribution < 1.29 is 203 Å². The van der Waals surface area contributed by atoms with Crippen LogP contribution in [0.4, 0.5) is 0 Å². The second-order valence-corrected chi connectivity index (χ2v) is 40.0. The molecule has 0 aromatic heterocycles. The number of esters is 5. The van der Waals surface area contributed by atoms with Crippen LogP contribution >= 0.6 is 0 Å². The van der Waals surface area contributed by atoms with Crippen molar-refractivity contribution in [1.82, 2.24) is 72.4 Å². The minimum absolute atomic E-state index is 0. The van der Waals surface area contributed by atoms with E-state index in [2.05, 4.69) is 47.9 Å². The minimum atomic E-state index is -1.43. The van der Waals surface area contributed by atoms with Crippen LogP contribution in [-0.4, -0.2) is 280 Å². The monoisotopic (exact) mass is 2980 g/mol. The predicted octanol–water partition coefficient (Wildman–Crippen LogP) is 5.23. The number of hydrogen-bond acceptors (Lipinski definition) is 34. The summed E-state index contributed by atoms with van der Waals surface area (Å²) >= 11 is 48.7. The topological polar surface area (TPSA) is 410 Å². The number of ether oxygens (including phenoxy) is 5. The average molecular weight is 2990 g/mol. The van der Waals surface area contributed by atoms with E-state index in [1.165, 1.54) is 61.1 Å². The second kappa shape index (κ2) is 81.1. The molecule has 0 spiro atoms. The summed E-state index contributed by atoms with van der Waals surface area (Å²) < 4.78 is 22.8. The molecule has 1 aromatic carbocycles. The van der Waals surface area contributed by atoms with Crippen molar-refractivity contribution in [3.8, 4) is 0 Å². The van der Waals surface area contributed by atoms with Gasteiger partial charge in [-0.2, -0.15) is 0 Å². The Bertz CT molecular complexity index is 3460. The number of nitrogens with one attached hydrogen (secondary N) is 9. The van der Waals surface area contributed by atoms with Gasteiger partial charge in [0.2, 0.25) is 53.2 Å². The molecular formula is C85H158Au5N14O19S10-20. The van der Waals surface area contributed by atoms with E-state index in [-0.39, 0.29) is 256 Å². The maximum Gasteiger partial charge on any atom is 0.331 e. The van der Waals surface area contributed by atoms with Crippen LogP contribution in [0.1, 0.15) is 179 Å². The molecule has 33 nitrogen and oxygen atoms in total.